The molecule has 0 atom stereocenters. The largest absolute Gasteiger partial charge is 0.497 e. The Morgan fingerprint density at radius 1 is 1.00 bits per heavy atom. The van der Waals surface area contributed by atoms with Gasteiger partial charge in [-0.3, -0.25) is 0 Å². The first-order valence-electron chi connectivity index (χ1n) is 8.94. The zero-order chi connectivity index (χ0) is 20.1. The van der Waals surface area contributed by atoms with Crippen LogP contribution in [0.4, 0.5) is 0 Å². The third kappa shape index (κ3) is 4.28. The normalized spacial score (nSPS) is 14.6. The van der Waals surface area contributed by atoms with Crippen molar-refractivity contribution in [2.45, 2.75) is 24.3 Å². The van der Waals surface area contributed by atoms with E-state index in [2.05, 4.69) is 0 Å². The van der Waals surface area contributed by atoms with Crippen molar-refractivity contribution < 1.29 is 27.4 Å². The van der Waals surface area contributed by atoms with Gasteiger partial charge in [0.05, 0.1) is 24.7 Å². The lowest BCUT2D eigenvalue weighted by Gasteiger charge is -2.15. The quantitative estimate of drug-likeness (QED) is 0.659. The van der Waals surface area contributed by atoms with Gasteiger partial charge in [-0.25, -0.2) is 13.2 Å². The van der Waals surface area contributed by atoms with Crippen molar-refractivity contribution in [3.63, 3.8) is 0 Å². The van der Waals surface area contributed by atoms with Crippen LogP contribution in [0.1, 0.15) is 28.8 Å². The van der Waals surface area contributed by atoms with E-state index < -0.39 is 16.0 Å². The Bertz CT molecular complexity index is 934. The van der Waals surface area contributed by atoms with Gasteiger partial charge in [-0.15, -0.1) is 0 Å². The van der Waals surface area contributed by atoms with Crippen molar-refractivity contribution in [3.8, 4) is 11.5 Å². The zero-order valence-electron chi connectivity index (χ0n) is 15.9. The van der Waals surface area contributed by atoms with Gasteiger partial charge >= 0.3 is 5.97 Å². The molecule has 28 heavy (non-hydrogen) atoms. The summed E-state index contributed by atoms with van der Waals surface area (Å²) >= 11 is 0. The van der Waals surface area contributed by atoms with E-state index in [4.69, 9.17) is 14.2 Å². The van der Waals surface area contributed by atoms with Gasteiger partial charge in [0.2, 0.25) is 10.0 Å². The molecule has 0 aliphatic carbocycles. The highest BCUT2D eigenvalue weighted by atomic mass is 32.2. The van der Waals surface area contributed by atoms with Gasteiger partial charge in [-0.05, 0) is 55.3 Å². The van der Waals surface area contributed by atoms with E-state index in [0.717, 1.165) is 12.8 Å². The summed E-state index contributed by atoms with van der Waals surface area (Å²) in [6, 6.07) is 11.0. The molecule has 0 spiro atoms. The van der Waals surface area contributed by atoms with Gasteiger partial charge in [0.25, 0.3) is 0 Å². The van der Waals surface area contributed by atoms with E-state index >= 15 is 0 Å². The van der Waals surface area contributed by atoms with E-state index in [1.807, 2.05) is 0 Å². The van der Waals surface area contributed by atoms with E-state index in [1.54, 1.807) is 25.3 Å². The molecule has 3 rings (SSSR count). The van der Waals surface area contributed by atoms with E-state index in [1.165, 1.54) is 35.7 Å². The third-order valence-corrected chi connectivity index (χ3v) is 6.55. The topological polar surface area (TPSA) is 82.1 Å². The van der Waals surface area contributed by atoms with Gasteiger partial charge in [0, 0.05) is 18.7 Å². The first-order valence-corrected chi connectivity index (χ1v) is 10.4. The van der Waals surface area contributed by atoms with Crippen LogP contribution in [0, 0.1) is 0 Å². The van der Waals surface area contributed by atoms with Crippen LogP contribution in [0.3, 0.4) is 0 Å². The van der Waals surface area contributed by atoms with Crippen LogP contribution in [0.15, 0.2) is 47.4 Å². The molecular formula is C20H23NO6S. The van der Waals surface area contributed by atoms with Crippen LogP contribution in [-0.2, 0) is 21.4 Å². The molecule has 2 aromatic carbocycles. The Kier molecular flexibility index (Phi) is 6.21. The van der Waals surface area contributed by atoms with Crippen molar-refractivity contribution in [2.24, 2.45) is 0 Å². The maximum Gasteiger partial charge on any atom is 0.338 e. The lowest BCUT2D eigenvalue weighted by atomic mass is 10.2. The van der Waals surface area contributed by atoms with Gasteiger partial charge in [-0.2, -0.15) is 4.31 Å². The second-order valence-electron chi connectivity index (χ2n) is 6.39. The Morgan fingerprint density at radius 2 is 1.68 bits per heavy atom. The van der Waals surface area contributed by atoms with Crippen LogP contribution in [0.5, 0.6) is 11.5 Å². The van der Waals surface area contributed by atoms with Gasteiger partial charge in [0.15, 0.2) is 0 Å². The second-order valence-corrected chi connectivity index (χ2v) is 8.33. The summed E-state index contributed by atoms with van der Waals surface area (Å²) < 4.78 is 42.3. The summed E-state index contributed by atoms with van der Waals surface area (Å²) in [5, 5.41) is 0. The highest BCUT2D eigenvalue weighted by molar-refractivity contribution is 7.89. The Balaban J connectivity index is 1.69. The number of benzene rings is 2. The number of methoxy groups -OCH3 is 2. The second kappa shape index (κ2) is 8.62. The van der Waals surface area contributed by atoms with Crippen LogP contribution < -0.4 is 9.47 Å². The maximum atomic E-state index is 12.5. The first kappa shape index (κ1) is 20.2. The van der Waals surface area contributed by atoms with Gasteiger partial charge < -0.3 is 14.2 Å². The zero-order valence-corrected chi connectivity index (χ0v) is 16.7. The minimum atomic E-state index is -3.50. The molecule has 0 unspecified atom stereocenters. The summed E-state index contributed by atoms with van der Waals surface area (Å²) in [5.74, 6) is 0.666. The molecule has 1 aliphatic rings. The minimum absolute atomic E-state index is 0.00698. The molecule has 0 N–H and O–H groups in total. The van der Waals surface area contributed by atoms with Crippen molar-refractivity contribution in [1.29, 1.82) is 0 Å². The predicted octanol–water partition coefficient (Wildman–Crippen LogP) is 2.85. The average molecular weight is 405 g/mol. The van der Waals surface area contributed by atoms with Crippen molar-refractivity contribution >= 4 is 16.0 Å². The molecule has 0 bridgehead atoms. The predicted molar refractivity (Wildman–Crippen MR) is 103 cm³/mol. The Labute approximate surface area is 164 Å². The number of esters is 1. The molecule has 0 saturated carbocycles. The average Bonchev–Trinajstić information content (AvgIpc) is 3.27. The Morgan fingerprint density at radius 3 is 2.29 bits per heavy atom. The molecular weight excluding hydrogens is 382 g/mol. The number of hydrogen-bond donors (Lipinski definition) is 0. The van der Waals surface area contributed by atoms with Crippen LogP contribution in [0.2, 0.25) is 0 Å². The number of sulfonamides is 1. The number of nitrogens with zero attached hydrogens (tertiary/aromatic N) is 1. The molecule has 150 valence electrons. The summed E-state index contributed by atoms with van der Waals surface area (Å²) in [6.07, 6.45) is 1.74. The van der Waals surface area contributed by atoms with Crippen molar-refractivity contribution in [1.82, 2.24) is 4.31 Å². The van der Waals surface area contributed by atoms with Gasteiger partial charge in [0.1, 0.15) is 18.1 Å². The van der Waals surface area contributed by atoms with E-state index in [0.29, 0.717) is 30.2 Å². The lowest BCUT2D eigenvalue weighted by molar-refractivity contribution is 0.0469. The molecule has 0 radical (unpaired) electrons. The first-order chi connectivity index (χ1) is 13.5. The Hall–Kier alpha value is -2.58. The highest BCUT2D eigenvalue weighted by Crippen LogP contribution is 2.25. The monoisotopic (exact) mass is 405 g/mol. The number of hydrogen-bond acceptors (Lipinski definition) is 6. The maximum absolute atomic E-state index is 12.5. The summed E-state index contributed by atoms with van der Waals surface area (Å²) in [6.45, 7) is 1.08. The van der Waals surface area contributed by atoms with Crippen LogP contribution in [0.25, 0.3) is 0 Å². The van der Waals surface area contributed by atoms with Crippen LogP contribution >= 0.6 is 0 Å². The fraction of sp³-hybridized carbons (Fsp3) is 0.350. The highest BCUT2D eigenvalue weighted by Gasteiger charge is 2.27. The fourth-order valence-corrected chi connectivity index (χ4v) is 4.58. The third-order valence-electron chi connectivity index (χ3n) is 4.64. The summed E-state index contributed by atoms with van der Waals surface area (Å²) in [5.41, 5.74) is 0.950. The van der Waals surface area contributed by atoms with E-state index in [9.17, 15) is 13.2 Å². The molecule has 7 nitrogen and oxygen atoms in total. The lowest BCUT2D eigenvalue weighted by Crippen LogP contribution is -2.27. The number of carbonyl (C=O) groups excluding carboxylic acids is 1. The van der Waals surface area contributed by atoms with Gasteiger partial charge in [-0.1, -0.05) is 0 Å². The van der Waals surface area contributed by atoms with E-state index in [-0.39, 0.29) is 17.1 Å². The summed E-state index contributed by atoms with van der Waals surface area (Å²) in [4.78, 5) is 12.5. The number of carbonyl (C=O) groups is 1. The smallest absolute Gasteiger partial charge is 0.338 e. The SMILES string of the molecule is COc1ccc(OC)c(COC(=O)c2ccc(S(=O)(=O)N3CCCC3)cc2)c1. The van der Waals surface area contributed by atoms with Crippen molar-refractivity contribution in [3.05, 3.63) is 53.6 Å². The molecule has 0 aromatic heterocycles. The summed E-state index contributed by atoms with van der Waals surface area (Å²) in [7, 11) is -0.417. The van der Waals surface area contributed by atoms with Crippen molar-refractivity contribution in [2.75, 3.05) is 27.3 Å². The molecule has 0 amide bonds. The molecule has 2 aromatic rings. The molecule has 1 heterocycles. The molecule has 1 aliphatic heterocycles. The molecule has 1 fully saturated rings. The number of rotatable bonds is 7. The molecule has 8 heteroatoms. The van der Waals surface area contributed by atoms with Crippen LogP contribution in [-0.4, -0.2) is 46.0 Å². The number of ether oxygens (including phenoxy) is 3. The fourth-order valence-electron chi connectivity index (χ4n) is 3.06. The minimum Gasteiger partial charge on any atom is -0.497 e. The molecule has 1 saturated heterocycles. The standard InChI is InChI=1S/C20H23NO6S/c1-25-17-7-10-19(26-2)16(13-17)14-27-20(22)15-5-8-18(9-6-15)28(23,24)21-11-3-4-12-21/h5-10,13H,3-4,11-12,14H2,1-2H3.